The second-order valence-electron chi connectivity index (χ2n) is 4.10. The summed E-state index contributed by atoms with van der Waals surface area (Å²) in [5, 5.41) is 5.12. The summed E-state index contributed by atoms with van der Waals surface area (Å²) in [7, 11) is 0. The molecule has 3 amide bonds. The number of carbonyl (C=O) groups excluding carboxylic acids is 3. The predicted molar refractivity (Wildman–Crippen MR) is 57.1 cm³/mol. The van der Waals surface area contributed by atoms with Crippen molar-refractivity contribution in [3.8, 4) is 0 Å². The first kappa shape index (κ1) is 12.5. The molecule has 1 heterocycles. The maximum atomic E-state index is 11.7. The van der Waals surface area contributed by atoms with E-state index in [-0.39, 0.29) is 24.2 Å². The van der Waals surface area contributed by atoms with Crippen LogP contribution in [0.5, 0.6) is 0 Å². The van der Waals surface area contributed by atoms with Crippen LogP contribution in [0, 0.1) is 5.92 Å². The highest BCUT2D eigenvalue weighted by Crippen LogP contribution is 2.12. The number of hydrogen-bond acceptors (Lipinski definition) is 3. The number of nitrogens with two attached hydrogens (primary N) is 1. The molecule has 1 rings (SSSR count). The number of piperazine rings is 1. The summed E-state index contributed by atoms with van der Waals surface area (Å²) in [6.07, 6.45) is 0.629. The van der Waals surface area contributed by atoms with E-state index in [0.29, 0.717) is 0 Å². The van der Waals surface area contributed by atoms with Crippen LogP contribution in [0.1, 0.15) is 26.7 Å². The van der Waals surface area contributed by atoms with Gasteiger partial charge in [-0.15, -0.1) is 0 Å². The molecule has 3 atom stereocenters. The van der Waals surface area contributed by atoms with Gasteiger partial charge in [-0.1, -0.05) is 20.3 Å². The predicted octanol–water partition coefficient (Wildman–Crippen LogP) is -1.11. The van der Waals surface area contributed by atoms with Crippen LogP contribution in [0.3, 0.4) is 0 Å². The summed E-state index contributed by atoms with van der Waals surface area (Å²) in [5.41, 5.74) is 4.98. The van der Waals surface area contributed by atoms with Crippen molar-refractivity contribution in [2.45, 2.75) is 38.8 Å². The van der Waals surface area contributed by atoms with Gasteiger partial charge in [0.1, 0.15) is 12.1 Å². The minimum Gasteiger partial charge on any atom is -0.370 e. The molecular weight excluding hydrogens is 210 g/mol. The first-order chi connectivity index (χ1) is 7.45. The van der Waals surface area contributed by atoms with E-state index >= 15 is 0 Å². The lowest BCUT2D eigenvalue weighted by Crippen LogP contribution is -2.64. The molecule has 0 aromatic carbocycles. The van der Waals surface area contributed by atoms with Crippen molar-refractivity contribution in [2.75, 3.05) is 0 Å². The summed E-state index contributed by atoms with van der Waals surface area (Å²) >= 11 is 0. The zero-order valence-corrected chi connectivity index (χ0v) is 9.45. The fraction of sp³-hybridized carbons (Fsp3) is 0.700. The minimum absolute atomic E-state index is 0.0680. The molecule has 90 valence electrons. The number of nitrogens with one attached hydrogen (secondary N) is 2. The summed E-state index contributed by atoms with van der Waals surface area (Å²) in [4.78, 5) is 33.9. The van der Waals surface area contributed by atoms with E-state index in [1.165, 1.54) is 0 Å². The standard InChI is InChI=1S/C10H17N3O3/c1-3-5(2)8-10(16)12-6(4-7(11)14)9(15)13-8/h5-6,8H,3-4H2,1-2H3,(H2,11,14)(H,12,16)(H,13,15)/t5?,6-,8-/m1/s1. The molecule has 1 aliphatic heterocycles. The highest BCUT2D eigenvalue weighted by atomic mass is 16.2. The Labute approximate surface area is 93.9 Å². The van der Waals surface area contributed by atoms with Gasteiger partial charge in [-0.05, 0) is 5.92 Å². The van der Waals surface area contributed by atoms with Crippen molar-refractivity contribution >= 4 is 17.7 Å². The van der Waals surface area contributed by atoms with Gasteiger partial charge in [0, 0.05) is 0 Å². The largest absolute Gasteiger partial charge is 0.370 e. The van der Waals surface area contributed by atoms with Crippen LogP contribution in [0.15, 0.2) is 0 Å². The van der Waals surface area contributed by atoms with E-state index in [0.717, 1.165) is 6.42 Å². The van der Waals surface area contributed by atoms with Gasteiger partial charge in [0.05, 0.1) is 6.42 Å². The Bertz CT molecular complexity index is 316. The van der Waals surface area contributed by atoms with Gasteiger partial charge in [0.2, 0.25) is 17.7 Å². The van der Waals surface area contributed by atoms with Crippen molar-refractivity contribution < 1.29 is 14.4 Å². The Morgan fingerprint density at radius 2 is 2.00 bits per heavy atom. The van der Waals surface area contributed by atoms with Crippen LogP contribution in [-0.4, -0.2) is 29.8 Å². The molecule has 0 saturated carbocycles. The smallest absolute Gasteiger partial charge is 0.243 e. The zero-order valence-electron chi connectivity index (χ0n) is 9.45. The molecule has 1 aliphatic rings. The highest BCUT2D eigenvalue weighted by molar-refractivity contribution is 5.99. The molecule has 1 unspecified atom stereocenters. The molecule has 4 N–H and O–H groups in total. The Hall–Kier alpha value is -1.59. The van der Waals surface area contributed by atoms with Gasteiger partial charge in [0.15, 0.2) is 0 Å². The Balaban J connectivity index is 2.67. The second kappa shape index (κ2) is 4.96. The Morgan fingerprint density at radius 1 is 1.38 bits per heavy atom. The van der Waals surface area contributed by atoms with Crippen LogP contribution < -0.4 is 16.4 Å². The number of primary amides is 1. The molecule has 6 nitrogen and oxygen atoms in total. The molecule has 16 heavy (non-hydrogen) atoms. The summed E-state index contributed by atoms with van der Waals surface area (Å²) in [6.45, 7) is 3.83. The first-order valence-electron chi connectivity index (χ1n) is 5.34. The van der Waals surface area contributed by atoms with Gasteiger partial charge in [0.25, 0.3) is 0 Å². The molecule has 0 aliphatic carbocycles. The van der Waals surface area contributed by atoms with Crippen molar-refractivity contribution in [1.82, 2.24) is 10.6 Å². The fourth-order valence-electron chi connectivity index (χ4n) is 1.63. The molecule has 0 aromatic rings. The molecule has 1 saturated heterocycles. The van der Waals surface area contributed by atoms with E-state index in [9.17, 15) is 14.4 Å². The Kier molecular flexibility index (Phi) is 3.87. The maximum absolute atomic E-state index is 11.7. The quantitative estimate of drug-likeness (QED) is 0.567. The van der Waals surface area contributed by atoms with Crippen LogP contribution >= 0.6 is 0 Å². The van der Waals surface area contributed by atoms with Crippen molar-refractivity contribution in [3.05, 3.63) is 0 Å². The normalized spacial score (nSPS) is 26.9. The van der Waals surface area contributed by atoms with Gasteiger partial charge in [-0.25, -0.2) is 0 Å². The van der Waals surface area contributed by atoms with E-state index in [2.05, 4.69) is 10.6 Å². The monoisotopic (exact) mass is 227 g/mol. The lowest BCUT2D eigenvalue weighted by atomic mass is 9.95. The third-order valence-corrected chi connectivity index (χ3v) is 2.83. The highest BCUT2D eigenvalue weighted by Gasteiger charge is 2.36. The third kappa shape index (κ3) is 2.71. The molecule has 0 spiro atoms. The third-order valence-electron chi connectivity index (χ3n) is 2.83. The molecule has 6 heteroatoms. The average Bonchev–Trinajstić information content (AvgIpc) is 2.21. The molecule has 0 bridgehead atoms. The molecule has 0 aromatic heterocycles. The summed E-state index contributed by atoms with van der Waals surface area (Å²) < 4.78 is 0. The zero-order chi connectivity index (χ0) is 12.3. The van der Waals surface area contributed by atoms with Crippen molar-refractivity contribution in [3.63, 3.8) is 0 Å². The lowest BCUT2D eigenvalue weighted by molar-refractivity contribution is -0.139. The number of amides is 3. The lowest BCUT2D eigenvalue weighted by Gasteiger charge is -2.32. The van der Waals surface area contributed by atoms with Crippen molar-refractivity contribution in [1.29, 1.82) is 0 Å². The van der Waals surface area contributed by atoms with E-state index in [1.807, 2.05) is 13.8 Å². The molecule has 1 fully saturated rings. The Morgan fingerprint density at radius 3 is 2.50 bits per heavy atom. The molecular formula is C10H17N3O3. The molecule has 0 radical (unpaired) electrons. The maximum Gasteiger partial charge on any atom is 0.243 e. The topological polar surface area (TPSA) is 101 Å². The fourth-order valence-corrected chi connectivity index (χ4v) is 1.63. The van der Waals surface area contributed by atoms with Gasteiger partial charge >= 0.3 is 0 Å². The van der Waals surface area contributed by atoms with Crippen LogP contribution in [0.25, 0.3) is 0 Å². The van der Waals surface area contributed by atoms with E-state index in [1.54, 1.807) is 0 Å². The minimum atomic E-state index is -0.828. The number of hydrogen-bond donors (Lipinski definition) is 3. The van der Waals surface area contributed by atoms with Crippen LogP contribution in [0.2, 0.25) is 0 Å². The summed E-state index contributed by atoms with van der Waals surface area (Å²) in [5.74, 6) is -1.13. The second-order valence-corrected chi connectivity index (χ2v) is 4.10. The van der Waals surface area contributed by atoms with Gasteiger partial charge in [-0.3, -0.25) is 14.4 Å². The van der Waals surface area contributed by atoms with Crippen molar-refractivity contribution in [2.24, 2.45) is 11.7 Å². The van der Waals surface area contributed by atoms with Gasteiger partial charge in [-0.2, -0.15) is 0 Å². The number of carbonyl (C=O) groups is 3. The van der Waals surface area contributed by atoms with Gasteiger partial charge < -0.3 is 16.4 Å². The van der Waals surface area contributed by atoms with Crippen LogP contribution in [-0.2, 0) is 14.4 Å². The SMILES string of the molecule is CCC(C)[C@H]1NC(=O)[C@@H](CC(N)=O)NC1=O. The van der Waals surface area contributed by atoms with E-state index < -0.39 is 18.0 Å². The average molecular weight is 227 g/mol. The van der Waals surface area contributed by atoms with E-state index in [4.69, 9.17) is 5.73 Å². The number of rotatable bonds is 4. The van der Waals surface area contributed by atoms with Crippen LogP contribution in [0.4, 0.5) is 0 Å². The first-order valence-corrected chi connectivity index (χ1v) is 5.34. The summed E-state index contributed by atoms with van der Waals surface area (Å²) in [6, 6.07) is -1.34.